The van der Waals surface area contributed by atoms with E-state index >= 15 is 0 Å². The minimum atomic E-state index is -4.22. The molecule has 0 unspecified atom stereocenters. The lowest BCUT2D eigenvalue weighted by Crippen LogP contribution is -2.48. The number of nitriles is 1. The Kier molecular flexibility index (Phi) is 6.97. The number of likely N-dealkylation sites (tertiary alicyclic amines) is 1. The molecule has 0 amide bonds. The van der Waals surface area contributed by atoms with Gasteiger partial charge in [0.2, 0.25) is 5.88 Å². The van der Waals surface area contributed by atoms with E-state index in [1.165, 1.54) is 10.2 Å². The Labute approximate surface area is 289 Å². The summed E-state index contributed by atoms with van der Waals surface area (Å²) >= 11 is 0. The van der Waals surface area contributed by atoms with Gasteiger partial charge in [-0.05, 0) is 55.5 Å². The molecule has 5 aromatic rings. The molecule has 2 N–H and O–H groups in total. The first-order chi connectivity index (χ1) is 24.3. The number of hydrogen-bond acceptors (Lipinski definition) is 10. The summed E-state index contributed by atoms with van der Waals surface area (Å²) in [6, 6.07) is 16.6. The number of piperidine rings is 1. The molecule has 2 fully saturated rings. The number of aromatic nitrogens is 4. The summed E-state index contributed by atoms with van der Waals surface area (Å²) in [5.74, 6) is 0.501. The number of nitrogens with one attached hydrogen (secondary N) is 2. The maximum absolute atomic E-state index is 15.0. The number of benzene rings is 2. The van der Waals surface area contributed by atoms with Crippen LogP contribution in [0.25, 0.3) is 33.4 Å². The van der Waals surface area contributed by atoms with E-state index in [1.54, 1.807) is 47.4 Å². The van der Waals surface area contributed by atoms with Crippen LogP contribution in [-0.2, 0) is 33.5 Å². The first-order valence-corrected chi connectivity index (χ1v) is 18.4. The number of ether oxygens (including phenoxy) is 2. The molecule has 0 bridgehead atoms. The van der Waals surface area contributed by atoms with E-state index < -0.39 is 15.6 Å². The quantitative estimate of drug-likeness (QED) is 0.201. The van der Waals surface area contributed by atoms with Gasteiger partial charge in [-0.15, -0.1) is 0 Å². The minimum absolute atomic E-state index is 0.0438. The Morgan fingerprint density at radius 1 is 1.08 bits per heavy atom. The van der Waals surface area contributed by atoms with Crippen LogP contribution < -0.4 is 10.1 Å². The monoisotopic (exact) mass is 688 g/mol. The highest BCUT2D eigenvalue weighted by Crippen LogP contribution is 2.55. The zero-order chi connectivity index (χ0) is 34.3. The molecular weight excluding hydrogens is 653 g/mol. The van der Waals surface area contributed by atoms with Gasteiger partial charge in [0.25, 0.3) is 10.0 Å². The van der Waals surface area contributed by atoms with Gasteiger partial charge in [0.15, 0.2) is 5.65 Å². The standard InChI is InChI=1S/C37H36N8O4S/c1-40-29-8-7-24(19-25(29)20-39)30-31-32-26(23-49-37(32)12-15-43(16-13-37)36(9-10-36)11-14-38)21-41-34(31)45(50(46,47)27-5-3-2-4-6-27)33(30)28-22-42-44-17-18-48-35(28)44/h2-8,19-22,39-40H,9-13,15-18,23H2,1H3. The molecule has 6 heterocycles. The fraction of sp³-hybridized carbons (Fsp3) is 0.351. The Morgan fingerprint density at radius 2 is 1.88 bits per heavy atom. The number of hydrogen-bond donors (Lipinski definition) is 2. The van der Waals surface area contributed by atoms with Crippen molar-refractivity contribution in [2.45, 2.75) is 61.3 Å². The summed E-state index contributed by atoms with van der Waals surface area (Å²) in [6.45, 7) is 2.90. The fourth-order valence-electron chi connectivity index (χ4n) is 8.41. The van der Waals surface area contributed by atoms with E-state index in [9.17, 15) is 13.7 Å². The highest BCUT2D eigenvalue weighted by molar-refractivity contribution is 7.90. The van der Waals surface area contributed by atoms with Gasteiger partial charge in [0.05, 0.1) is 53.6 Å². The lowest BCUT2D eigenvalue weighted by Gasteiger charge is -2.42. The van der Waals surface area contributed by atoms with Gasteiger partial charge >= 0.3 is 0 Å². The largest absolute Gasteiger partial charge is 0.475 e. The maximum Gasteiger partial charge on any atom is 0.269 e. The average Bonchev–Trinajstić information content (AvgIpc) is 3.44. The molecule has 0 atom stereocenters. The summed E-state index contributed by atoms with van der Waals surface area (Å²) < 4.78 is 46.0. The van der Waals surface area contributed by atoms with Crippen LogP contribution in [0.2, 0.25) is 0 Å². The highest BCUT2D eigenvalue weighted by Gasteiger charge is 2.53. The van der Waals surface area contributed by atoms with Crippen molar-refractivity contribution in [2.75, 3.05) is 32.1 Å². The van der Waals surface area contributed by atoms with Crippen molar-refractivity contribution in [1.29, 1.82) is 10.7 Å². The first-order valence-electron chi connectivity index (χ1n) is 17.0. The number of rotatable bonds is 8. The van der Waals surface area contributed by atoms with Gasteiger partial charge < -0.3 is 20.2 Å². The van der Waals surface area contributed by atoms with Crippen molar-refractivity contribution in [2.24, 2.45) is 0 Å². The van der Waals surface area contributed by atoms with E-state index in [0.717, 1.165) is 48.3 Å². The molecule has 50 heavy (non-hydrogen) atoms. The highest BCUT2D eigenvalue weighted by atomic mass is 32.2. The summed E-state index contributed by atoms with van der Waals surface area (Å²) in [7, 11) is -2.41. The van der Waals surface area contributed by atoms with E-state index in [0.29, 0.717) is 78.3 Å². The smallest absolute Gasteiger partial charge is 0.269 e. The molecule has 4 aliphatic rings. The zero-order valence-corrected chi connectivity index (χ0v) is 28.5. The van der Waals surface area contributed by atoms with E-state index in [2.05, 4.69) is 21.4 Å². The topological polar surface area (TPSA) is 151 Å². The fourth-order valence-corrected chi connectivity index (χ4v) is 9.92. The average molecular weight is 689 g/mol. The Morgan fingerprint density at radius 3 is 2.60 bits per heavy atom. The molecule has 1 aliphatic carbocycles. The molecule has 3 aromatic heterocycles. The number of nitrogens with zero attached hydrogens (tertiary/aromatic N) is 6. The summed E-state index contributed by atoms with van der Waals surface area (Å²) in [4.78, 5) is 7.52. The first kappa shape index (κ1) is 31.0. The SMILES string of the molecule is CNc1ccc(-c2c(-c3cnn4c3OCC4)n(S(=O)(=O)c3ccccc3)c3ncc4c(c23)C2(CCN(C3(CC#N)CC3)CC2)OC4)cc1C=N. The summed E-state index contributed by atoms with van der Waals surface area (Å²) in [5.41, 5.74) is 5.30. The van der Waals surface area contributed by atoms with Gasteiger partial charge in [-0.2, -0.15) is 10.4 Å². The molecule has 1 saturated carbocycles. The van der Waals surface area contributed by atoms with Crippen LogP contribution in [0.5, 0.6) is 5.88 Å². The zero-order valence-electron chi connectivity index (χ0n) is 27.6. The third-order valence-electron chi connectivity index (χ3n) is 11.1. The van der Waals surface area contributed by atoms with Crippen LogP contribution in [-0.4, -0.2) is 70.6 Å². The molecule has 254 valence electrons. The van der Waals surface area contributed by atoms with Crippen molar-refractivity contribution < 1.29 is 17.9 Å². The molecule has 9 rings (SSSR count). The van der Waals surface area contributed by atoms with E-state index in [4.69, 9.17) is 19.9 Å². The van der Waals surface area contributed by atoms with Crippen molar-refractivity contribution in [1.82, 2.24) is 23.6 Å². The predicted octanol–water partition coefficient (Wildman–Crippen LogP) is 5.50. The van der Waals surface area contributed by atoms with Crippen LogP contribution in [0.15, 0.2) is 65.8 Å². The molecule has 12 nitrogen and oxygen atoms in total. The normalized spacial score (nSPS) is 18.8. The Bertz CT molecular complexity index is 2350. The van der Waals surface area contributed by atoms with Crippen molar-refractivity contribution in [3.05, 3.63) is 77.6 Å². The van der Waals surface area contributed by atoms with Crippen LogP contribution >= 0.6 is 0 Å². The van der Waals surface area contributed by atoms with Crippen LogP contribution in [0, 0.1) is 16.7 Å². The molecule has 3 aliphatic heterocycles. The third-order valence-corrected chi connectivity index (χ3v) is 12.8. The van der Waals surface area contributed by atoms with E-state index in [-0.39, 0.29) is 10.4 Å². The Hall–Kier alpha value is -5.03. The second-order valence-electron chi connectivity index (χ2n) is 13.6. The molecular formula is C37H36N8O4S. The van der Waals surface area contributed by atoms with Crippen molar-refractivity contribution in [3.8, 4) is 34.3 Å². The summed E-state index contributed by atoms with van der Waals surface area (Å²) in [5, 5.41) is 26.3. The van der Waals surface area contributed by atoms with Crippen molar-refractivity contribution >= 4 is 33.0 Å². The van der Waals surface area contributed by atoms with Gasteiger partial charge in [0, 0.05) is 71.4 Å². The second kappa shape index (κ2) is 11.2. The molecule has 0 radical (unpaired) electrons. The van der Waals surface area contributed by atoms with Crippen LogP contribution in [0.3, 0.4) is 0 Å². The minimum Gasteiger partial charge on any atom is -0.475 e. The Balaban J connectivity index is 1.36. The van der Waals surface area contributed by atoms with Gasteiger partial charge in [0.1, 0.15) is 6.61 Å². The molecule has 1 spiro atoms. The second-order valence-corrected chi connectivity index (χ2v) is 15.4. The van der Waals surface area contributed by atoms with Gasteiger partial charge in [-0.25, -0.2) is 22.1 Å². The third kappa shape index (κ3) is 4.41. The molecule has 1 saturated heterocycles. The van der Waals surface area contributed by atoms with E-state index in [1.807, 2.05) is 25.2 Å². The maximum atomic E-state index is 15.0. The number of anilines is 1. The molecule has 13 heteroatoms. The molecule has 2 aromatic carbocycles. The van der Waals surface area contributed by atoms with Gasteiger partial charge in [-0.1, -0.05) is 24.3 Å². The van der Waals surface area contributed by atoms with Crippen molar-refractivity contribution in [3.63, 3.8) is 0 Å². The van der Waals surface area contributed by atoms with Gasteiger partial charge in [-0.3, -0.25) is 4.90 Å². The van der Waals surface area contributed by atoms with Crippen LogP contribution in [0.4, 0.5) is 5.69 Å². The summed E-state index contributed by atoms with van der Waals surface area (Å²) in [6.07, 6.45) is 8.74. The lowest BCUT2D eigenvalue weighted by atomic mass is 9.80. The number of fused-ring (bicyclic) bond motifs is 5. The van der Waals surface area contributed by atoms with Crippen LogP contribution in [0.1, 0.15) is 48.8 Å². The lowest BCUT2D eigenvalue weighted by molar-refractivity contribution is -0.0855. The predicted molar refractivity (Wildman–Crippen MR) is 188 cm³/mol. The number of pyridine rings is 1.